The summed E-state index contributed by atoms with van der Waals surface area (Å²) in [5.41, 5.74) is 1.32. The van der Waals surface area contributed by atoms with E-state index >= 15 is 0 Å². The summed E-state index contributed by atoms with van der Waals surface area (Å²) < 4.78 is 11.7. The van der Waals surface area contributed by atoms with Gasteiger partial charge in [0.2, 0.25) is 0 Å². The largest absolute Gasteiger partial charge is 0.459 e. The van der Waals surface area contributed by atoms with Gasteiger partial charge in [-0.3, -0.25) is 20.0 Å². The third-order valence-corrected chi connectivity index (χ3v) is 6.81. The van der Waals surface area contributed by atoms with Gasteiger partial charge in [-0.1, -0.05) is 18.2 Å². The molecule has 35 heavy (non-hydrogen) atoms. The van der Waals surface area contributed by atoms with Crippen molar-refractivity contribution in [2.75, 3.05) is 39.4 Å². The lowest BCUT2D eigenvalue weighted by Gasteiger charge is -2.29. The zero-order valence-electron chi connectivity index (χ0n) is 19.2. The van der Waals surface area contributed by atoms with Crippen molar-refractivity contribution in [3.05, 3.63) is 82.4 Å². The van der Waals surface area contributed by atoms with Gasteiger partial charge in [0.05, 0.1) is 35.4 Å². The number of nitro benzene ring substituents is 1. The van der Waals surface area contributed by atoms with Gasteiger partial charge in [-0.15, -0.1) is 0 Å². The fraction of sp³-hybridized carbons (Fsp3) is 0.360. The summed E-state index contributed by atoms with van der Waals surface area (Å²) in [6.45, 7) is 5.14. The number of nitrogens with zero attached hydrogens (tertiary/aromatic N) is 4. The zero-order valence-corrected chi connectivity index (χ0v) is 20.0. The Morgan fingerprint density at radius 3 is 2.66 bits per heavy atom. The van der Waals surface area contributed by atoms with Crippen molar-refractivity contribution in [3.8, 4) is 11.3 Å². The summed E-state index contributed by atoms with van der Waals surface area (Å²) in [7, 11) is 0. The minimum Gasteiger partial charge on any atom is -0.459 e. The standard InChI is InChI=1S/C25H27N5O4S/c31-30(32)20-8-2-1-6-18(20)21-9-10-22(34-21)24-23(19-7-3-4-11-26-19)27-25(35)29(24)13-5-12-28-14-16-33-17-15-28/h1-4,6-11,23-24H,5,12-17H2,(H,27,35). The number of ether oxygens (including phenoxy) is 1. The van der Waals surface area contributed by atoms with Crippen molar-refractivity contribution in [1.29, 1.82) is 0 Å². The monoisotopic (exact) mass is 493 g/mol. The van der Waals surface area contributed by atoms with Gasteiger partial charge in [-0.25, -0.2) is 0 Å². The molecule has 4 heterocycles. The molecule has 1 N–H and O–H groups in total. The highest BCUT2D eigenvalue weighted by atomic mass is 32.1. The molecule has 2 aliphatic heterocycles. The molecule has 5 rings (SSSR count). The lowest BCUT2D eigenvalue weighted by atomic mass is 10.0. The van der Waals surface area contributed by atoms with E-state index in [0.717, 1.165) is 51.5 Å². The van der Waals surface area contributed by atoms with Crippen LogP contribution >= 0.6 is 12.2 Å². The predicted molar refractivity (Wildman–Crippen MR) is 135 cm³/mol. The number of morpholine rings is 1. The van der Waals surface area contributed by atoms with Gasteiger partial charge >= 0.3 is 0 Å². The first kappa shape index (κ1) is 23.4. The van der Waals surface area contributed by atoms with Gasteiger partial charge in [0, 0.05) is 38.4 Å². The summed E-state index contributed by atoms with van der Waals surface area (Å²) in [5.74, 6) is 1.14. The Bertz CT molecular complexity index is 1180. The molecule has 0 aliphatic carbocycles. The molecule has 3 aromatic rings. The zero-order chi connectivity index (χ0) is 24.2. The molecule has 0 amide bonds. The molecular weight excluding hydrogens is 466 g/mol. The van der Waals surface area contributed by atoms with E-state index in [-0.39, 0.29) is 17.8 Å². The number of aromatic nitrogens is 1. The Balaban J connectivity index is 1.42. The highest BCUT2D eigenvalue weighted by Gasteiger charge is 2.41. The van der Waals surface area contributed by atoms with Gasteiger partial charge in [-0.2, -0.15) is 0 Å². The van der Waals surface area contributed by atoms with E-state index in [2.05, 4.69) is 20.1 Å². The van der Waals surface area contributed by atoms with Gasteiger partial charge in [-0.05, 0) is 49.0 Å². The number of nitrogens with one attached hydrogen (secondary N) is 1. The van der Waals surface area contributed by atoms with E-state index in [4.69, 9.17) is 21.4 Å². The van der Waals surface area contributed by atoms with Crippen LogP contribution in [0.1, 0.15) is 30.0 Å². The van der Waals surface area contributed by atoms with Crippen molar-refractivity contribution in [2.45, 2.75) is 18.5 Å². The second-order valence-corrected chi connectivity index (χ2v) is 8.99. The Kier molecular flexibility index (Phi) is 7.03. The number of benzene rings is 1. The average molecular weight is 494 g/mol. The van der Waals surface area contributed by atoms with Gasteiger partial charge < -0.3 is 19.4 Å². The van der Waals surface area contributed by atoms with Crippen LogP contribution in [0.15, 0.2) is 65.2 Å². The quantitative estimate of drug-likeness (QED) is 0.284. The smallest absolute Gasteiger partial charge is 0.280 e. The fourth-order valence-corrected chi connectivity index (χ4v) is 5.07. The van der Waals surface area contributed by atoms with Gasteiger partial charge in [0.1, 0.15) is 17.6 Å². The maximum absolute atomic E-state index is 11.5. The van der Waals surface area contributed by atoms with Crippen LogP contribution in [0.2, 0.25) is 0 Å². The maximum Gasteiger partial charge on any atom is 0.280 e. The SMILES string of the molecule is O=[N+]([O-])c1ccccc1-c1ccc(C2C(c3ccccn3)NC(=S)N2CCCN2CCOCC2)o1. The van der Waals surface area contributed by atoms with Crippen LogP contribution in [0.5, 0.6) is 0 Å². The highest BCUT2D eigenvalue weighted by Crippen LogP contribution is 2.41. The second-order valence-electron chi connectivity index (χ2n) is 8.60. The number of pyridine rings is 1. The molecule has 0 saturated carbocycles. The van der Waals surface area contributed by atoms with E-state index in [9.17, 15) is 10.1 Å². The molecule has 0 radical (unpaired) electrons. The number of thiocarbonyl (C=S) groups is 1. The van der Waals surface area contributed by atoms with Crippen LogP contribution in [-0.4, -0.2) is 64.2 Å². The van der Waals surface area contributed by atoms with E-state index < -0.39 is 4.92 Å². The first-order valence-electron chi connectivity index (χ1n) is 11.7. The Hall–Kier alpha value is -3.34. The Labute approximate surface area is 208 Å². The molecule has 0 spiro atoms. The Morgan fingerprint density at radius 1 is 1.09 bits per heavy atom. The number of rotatable bonds is 8. The number of nitro groups is 1. The van der Waals surface area contributed by atoms with Crippen molar-refractivity contribution >= 4 is 23.0 Å². The summed E-state index contributed by atoms with van der Waals surface area (Å²) in [6, 6.07) is 15.7. The van der Waals surface area contributed by atoms with Crippen LogP contribution in [0.3, 0.4) is 0 Å². The van der Waals surface area contributed by atoms with E-state index in [1.165, 1.54) is 6.07 Å². The minimum absolute atomic E-state index is 0.0112. The molecule has 2 atom stereocenters. The van der Waals surface area contributed by atoms with E-state index in [1.54, 1.807) is 30.5 Å². The average Bonchev–Trinajstić information content (AvgIpc) is 3.50. The first-order valence-corrected chi connectivity index (χ1v) is 12.1. The highest BCUT2D eigenvalue weighted by molar-refractivity contribution is 7.80. The van der Waals surface area contributed by atoms with Crippen LogP contribution in [-0.2, 0) is 4.74 Å². The van der Waals surface area contributed by atoms with Crippen molar-refractivity contribution in [3.63, 3.8) is 0 Å². The van der Waals surface area contributed by atoms with Crippen LogP contribution in [0.25, 0.3) is 11.3 Å². The predicted octanol–water partition coefficient (Wildman–Crippen LogP) is 3.94. The third kappa shape index (κ3) is 5.04. The topological polar surface area (TPSA) is 96.9 Å². The molecule has 182 valence electrons. The number of para-hydroxylation sites is 1. The van der Waals surface area contributed by atoms with Crippen LogP contribution in [0.4, 0.5) is 5.69 Å². The molecule has 2 aromatic heterocycles. The normalized spacial score (nSPS) is 20.7. The third-order valence-electron chi connectivity index (χ3n) is 6.46. The fourth-order valence-electron chi connectivity index (χ4n) is 4.74. The van der Waals surface area contributed by atoms with Crippen molar-refractivity contribution in [1.82, 2.24) is 20.1 Å². The van der Waals surface area contributed by atoms with Gasteiger partial charge in [0.15, 0.2) is 5.11 Å². The lowest BCUT2D eigenvalue weighted by molar-refractivity contribution is -0.384. The van der Waals surface area contributed by atoms with E-state index in [1.807, 2.05) is 24.3 Å². The number of hydrogen-bond acceptors (Lipinski definition) is 7. The summed E-state index contributed by atoms with van der Waals surface area (Å²) in [6.07, 6.45) is 2.70. The summed E-state index contributed by atoms with van der Waals surface area (Å²) in [4.78, 5) is 20.3. The van der Waals surface area contributed by atoms with E-state index in [0.29, 0.717) is 22.2 Å². The van der Waals surface area contributed by atoms with Crippen LogP contribution < -0.4 is 5.32 Å². The van der Waals surface area contributed by atoms with Crippen LogP contribution in [0, 0.1) is 10.1 Å². The molecule has 2 fully saturated rings. The molecular formula is C25H27N5O4S. The number of hydrogen-bond donors (Lipinski definition) is 1. The van der Waals surface area contributed by atoms with Crippen molar-refractivity contribution < 1.29 is 14.1 Å². The molecule has 2 unspecified atom stereocenters. The number of furan rings is 1. The molecule has 0 bridgehead atoms. The molecule has 2 aliphatic rings. The lowest BCUT2D eigenvalue weighted by Crippen LogP contribution is -2.38. The maximum atomic E-state index is 11.5. The Morgan fingerprint density at radius 2 is 1.89 bits per heavy atom. The first-order chi connectivity index (χ1) is 17.1. The molecule has 1 aromatic carbocycles. The summed E-state index contributed by atoms with van der Waals surface area (Å²) >= 11 is 5.74. The molecule has 10 heteroatoms. The second kappa shape index (κ2) is 10.5. The molecule has 2 saturated heterocycles. The minimum atomic E-state index is -0.390. The summed E-state index contributed by atoms with van der Waals surface area (Å²) in [5, 5.41) is 15.6. The van der Waals surface area contributed by atoms with Crippen molar-refractivity contribution in [2.24, 2.45) is 0 Å². The van der Waals surface area contributed by atoms with Gasteiger partial charge in [0.25, 0.3) is 5.69 Å². The molecule has 9 nitrogen and oxygen atoms in total.